The number of ketones is 1. The van der Waals surface area contributed by atoms with Crippen molar-refractivity contribution in [2.24, 2.45) is 0 Å². The van der Waals surface area contributed by atoms with Gasteiger partial charge in [0, 0.05) is 37.0 Å². The number of fused-ring (bicyclic) bond motifs is 1. The molecule has 0 saturated heterocycles. The number of nitrogens with one attached hydrogen (secondary N) is 1. The predicted molar refractivity (Wildman–Crippen MR) is 130 cm³/mol. The molecule has 0 saturated carbocycles. The van der Waals surface area contributed by atoms with Crippen molar-refractivity contribution in [2.45, 2.75) is 51.5 Å². The van der Waals surface area contributed by atoms with Crippen LogP contribution in [0.3, 0.4) is 0 Å². The van der Waals surface area contributed by atoms with Crippen LogP contribution in [0, 0.1) is 0 Å². The van der Waals surface area contributed by atoms with Crippen LogP contribution in [0.1, 0.15) is 53.2 Å². The standard InChI is InChI=1S/C25H31ClN2O2.ClH/c1-18(29)28(2)23-16-20-10-11-21(15-22(20)17-23)25(30)9-5-6-13-27-14-12-19-7-3-4-8-24(19)26;/h3-4,7-8,10-11,15,23,27H,5-6,9,12-14,16-17H2,1-2H3;1H. The Morgan fingerprint density at radius 3 is 2.55 bits per heavy atom. The summed E-state index contributed by atoms with van der Waals surface area (Å²) in [5, 5.41) is 4.25. The number of Topliss-reactive ketones (excluding diaryl/α,β-unsaturated/α-hetero) is 1. The van der Waals surface area contributed by atoms with Gasteiger partial charge in [0.25, 0.3) is 0 Å². The molecule has 0 fully saturated rings. The minimum Gasteiger partial charge on any atom is -0.342 e. The summed E-state index contributed by atoms with van der Waals surface area (Å²) in [5.74, 6) is 0.293. The molecule has 3 rings (SSSR count). The molecule has 1 aliphatic rings. The number of amides is 1. The highest BCUT2D eigenvalue weighted by Crippen LogP contribution is 2.27. The van der Waals surface area contributed by atoms with Gasteiger partial charge in [-0.15, -0.1) is 12.4 Å². The highest BCUT2D eigenvalue weighted by atomic mass is 35.5. The second-order valence-electron chi connectivity index (χ2n) is 8.15. The maximum atomic E-state index is 12.6. The molecule has 2 aromatic rings. The third-order valence-corrected chi connectivity index (χ3v) is 6.39. The number of rotatable bonds is 10. The van der Waals surface area contributed by atoms with Gasteiger partial charge in [-0.1, -0.05) is 41.9 Å². The lowest BCUT2D eigenvalue weighted by Crippen LogP contribution is -2.35. The first-order valence-electron chi connectivity index (χ1n) is 10.8. The zero-order valence-electron chi connectivity index (χ0n) is 18.3. The second kappa shape index (κ2) is 12.2. The summed E-state index contributed by atoms with van der Waals surface area (Å²) in [6, 6.07) is 14.2. The van der Waals surface area contributed by atoms with Gasteiger partial charge in [0.05, 0.1) is 0 Å². The van der Waals surface area contributed by atoms with Crippen molar-refractivity contribution < 1.29 is 9.59 Å². The number of carbonyl (C=O) groups excluding carboxylic acids is 2. The molecule has 31 heavy (non-hydrogen) atoms. The van der Waals surface area contributed by atoms with Crippen molar-refractivity contribution in [3.63, 3.8) is 0 Å². The predicted octanol–water partition coefficient (Wildman–Crippen LogP) is 4.89. The monoisotopic (exact) mass is 462 g/mol. The zero-order chi connectivity index (χ0) is 21.5. The average molecular weight is 463 g/mol. The molecule has 0 radical (unpaired) electrons. The third-order valence-electron chi connectivity index (χ3n) is 6.02. The van der Waals surface area contributed by atoms with Crippen LogP contribution in [0.2, 0.25) is 5.02 Å². The average Bonchev–Trinajstić information content (AvgIpc) is 3.16. The van der Waals surface area contributed by atoms with Crippen LogP contribution in [0.5, 0.6) is 0 Å². The molecule has 4 nitrogen and oxygen atoms in total. The van der Waals surface area contributed by atoms with E-state index in [1.54, 1.807) is 11.8 Å². The van der Waals surface area contributed by atoms with Crippen molar-refractivity contribution in [1.82, 2.24) is 10.2 Å². The number of hydrogen-bond acceptors (Lipinski definition) is 3. The Labute approximate surface area is 196 Å². The lowest BCUT2D eigenvalue weighted by Gasteiger charge is -2.22. The van der Waals surface area contributed by atoms with Crippen LogP contribution in [0.15, 0.2) is 42.5 Å². The number of benzene rings is 2. The number of nitrogens with zero attached hydrogens (tertiary/aromatic N) is 1. The van der Waals surface area contributed by atoms with E-state index in [9.17, 15) is 9.59 Å². The Kier molecular flexibility index (Phi) is 10.0. The summed E-state index contributed by atoms with van der Waals surface area (Å²) in [6.07, 6.45) is 5.05. The van der Waals surface area contributed by atoms with Crippen molar-refractivity contribution in [2.75, 3.05) is 20.1 Å². The molecule has 2 aromatic carbocycles. The minimum absolute atomic E-state index is 0. The molecule has 1 unspecified atom stereocenters. The fraction of sp³-hybridized carbons (Fsp3) is 0.440. The van der Waals surface area contributed by atoms with Crippen LogP contribution in [0.25, 0.3) is 0 Å². The quantitative estimate of drug-likeness (QED) is 0.403. The molecule has 6 heteroatoms. The van der Waals surface area contributed by atoms with Crippen LogP contribution in [-0.4, -0.2) is 42.8 Å². The number of likely N-dealkylation sites (N-methyl/N-ethyl adjacent to an activating group) is 1. The Morgan fingerprint density at radius 1 is 1.06 bits per heavy atom. The molecule has 0 heterocycles. The summed E-state index contributed by atoms with van der Waals surface area (Å²) in [4.78, 5) is 26.0. The van der Waals surface area contributed by atoms with Crippen LogP contribution in [0.4, 0.5) is 0 Å². The van der Waals surface area contributed by atoms with Crippen LogP contribution >= 0.6 is 24.0 Å². The van der Waals surface area contributed by atoms with Gasteiger partial charge in [0.1, 0.15) is 0 Å². The van der Waals surface area contributed by atoms with E-state index in [4.69, 9.17) is 11.6 Å². The van der Waals surface area contributed by atoms with E-state index in [1.165, 1.54) is 11.1 Å². The van der Waals surface area contributed by atoms with Gasteiger partial charge in [-0.25, -0.2) is 0 Å². The van der Waals surface area contributed by atoms with Crippen LogP contribution < -0.4 is 5.32 Å². The fourth-order valence-electron chi connectivity index (χ4n) is 4.03. The minimum atomic E-state index is 0. The van der Waals surface area contributed by atoms with Gasteiger partial charge >= 0.3 is 0 Å². The van der Waals surface area contributed by atoms with Gasteiger partial charge in [0.15, 0.2) is 5.78 Å². The van der Waals surface area contributed by atoms with E-state index < -0.39 is 0 Å². The van der Waals surface area contributed by atoms with E-state index in [1.807, 2.05) is 37.4 Å². The largest absolute Gasteiger partial charge is 0.342 e. The third kappa shape index (κ3) is 7.06. The maximum absolute atomic E-state index is 12.6. The number of unbranched alkanes of at least 4 members (excludes halogenated alkanes) is 1. The maximum Gasteiger partial charge on any atom is 0.219 e. The van der Waals surface area contributed by atoms with Crippen molar-refractivity contribution in [3.05, 3.63) is 69.7 Å². The number of carbonyl (C=O) groups is 2. The SMILES string of the molecule is CC(=O)N(C)C1Cc2ccc(C(=O)CCCCNCCc3ccccc3Cl)cc2C1.Cl. The summed E-state index contributed by atoms with van der Waals surface area (Å²) < 4.78 is 0. The van der Waals surface area contributed by atoms with E-state index in [2.05, 4.69) is 17.4 Å². The normalized spacial score (nSPS) is 14.6. The lowest BCUT2D eigenvalue weighted by molar-refractivity contribution is -0.129. The zero-order valence-corrected chi connectivity index (χ0v) is 19.9. The highest BCUT2D eigenvalue weighted by molar-refractivity contribution is 6.31. The molecule has 0 bridgehead atoms. The number of halogens is 2. The van der Waals surface area contributed by atoms with Crippen molar-refractivity contribution in [3.8, 4) is 0 Å². The molecule has 0 spiro atoms. The topological polar surface area (TPSA) is 49.4 Å². The molecular formula is C25H32Cl2N2O2. The summed E-state index contributed by atoms with van der Waals surface area (Å²) >= 11 is 6.17. The Hall–Kier alpha value is -1.88. The van der Waals surface area contributed by atoms with Crippen LogP contribution in [-0.2, 0) is 24.1 Å². The molecular weight excluding hydrogens is 431 g/mol. The van der Waals surface area contributed by atoms with E-state index in [0.717, 1.165) is 61.3 Å². The van der Waals surface area contributed by atoms with E-state index in [-0.39, 0.29) is 30.1 Å². The van der Waals surface area contributed by atoms with Gasteiger partial charge in [0.2, 0.25) is 5.91 Å². The van der Waals surface area contributed by atoms with Gasteiger partial charge < -0.3 is 10.2 Å². The number of hydrogen-bond donors (Lipinski definition) is 1. The highest BCUT2D eigenvalue weighted by Gasteiger charge is 2.26. The molecule has 1 amide bonds. The van der Waals surface area contributed by atoms with Crippen molar-refractivity contribution >= 4 is 35.7 Å². The first-order chi connectivity index (χ1) is 14.5. The van der Waals surface area contributed by atoms with Gasteiger partial charge in [-0.3, -0.25) is 9.59 Å². The molecule has 1 atom stereocenters. The molecule has 168 valence electrons. The summed E-state index contributed by atoms with van der Waals surface area (Å²) in [7, 11) is 1.85. The summed E-state index contributed by atoms with van der Waals surface area (Å²) in [5.41, 5.74) is 4.43. The molecule has 0 aliphatic heterocycles. The second-order valence-corrected chi connectivity index (χ2v) is 8.55. The first kappa shape index (κ1) is 25.4. The smallest absolute Gasteiger partial charge is 0.219 e. The Bertz CT molecular complexity index is 901. The molecule has 1 aliphatic carbocycles. The fourth-order valence-corrected chi connectivity index (χ4v) is 4.26. The van der Waals surface area contributed by atoms with E-state index in [0.29, 0.717) is 6.42 Å². The lowest BCUT2D eigenvalue weighted by atomic mass is 10.0. The molecule has 0 aromatic heterocycles. The summed E-state index contributed by atoms with van der Waals surface area (Å²) in [6.45, 7) is 3.39. The van der Waals surface area contributed by atoms with E-state index >= 15 is 0 Å². The van der Waals surface area contributed by atoms with Crippen molar-refractivity contribution in [1.29, 1.82) is 0 Å². The Morgan fingerprint density at radius 2 is 1.81 bits per heavy atom. The first-order valence-corrected chi connectivity index (χ1v) is 11.2. The molecule has 1 N–H and O–H groups in total. The van der Waals surface area contributed by atoms with Gasteiger partial charge in [-0.2, -0.15) is 0 Å². The van der Waals surface area contributed by atoms with Gasteiger partial charge in [-0.05, 0) is 74.0 Å². The Balaban J connectivity index is 0.00000341.